The Morgan fingerprint density at radius 2 is 1.95 bits per heavy atom. The van der Waals surface area contributed by atoms with Crippen LogP contribution in [0.15, 0.2) is 54.7 Å². The second kappa shape index (κ2) is 5.25. The normalized spacial score (nSPS) is 11.3. The number of aromatic nitrogens is 2. The van der Waals surface area contributed by atoms with E-state index >= 15 is 0 Å². The van der Waals surface area contributed by atoms with Crippen LogP contribution in [0.4, 0.5) is 0 Å². The summed E-state index contributed by atoms with van der Waals surface area (Å²) in [4.78, 5) is 15.3. The van der Waals surface area contributed by atoms with Crippen molar-refractivity contribution in [2.75, 3.05) is 0 Å². The van der Waals surface area contributed by atoms with Crippen molar-refractivity contribution < 1.29 is 9.90 Å². The number of fused-ring (bicyclic) bond motifs is 1. The molecule has 0 bridgehead atoms. The van der Waals surface area contributed by atoms with Gasteiger partial charge in [-0.1, -0.05) is 30.3 Å². The summed E-state index contributed by atoms with van der Waals surface area (Å²) in [6.07, 6.45) is 4.48. The van der Waals surface area contributed by atoms with E-state index in [2.05, 4.69) is 4.98 Å². The maximum absolute atomic E-state index is 10.8. The van der Waals surface area contributed by atoms with E-state index in [-0.39, 0.29) is 0 Å². The quantitative estimate of drug-likeness (QED) is 0.748. The molecule has 0 radical (unpaired) electrons. The highest BCUT2D eigenvalue weighted by Crippen LogP contribution is 2.32. The molecule has 0 atom stereocenters. The van der Waals surface area contributed by atoms with E-state index in [0.717, 1.165) is 33.9 Å². The first kappa shape index (κ1) is 13.1. The third-order valence-corrected chi connectivity index (χ3v) is 3.43. The van der Waals surface area contributed by atoms with Gasteiger partial charge in [-0.15, -0.1) is 0 Å². The highest BCUT2D eigenvalue weighted by atomic mass is 16.4. The first-order chi connectivity index (χ1) is 10.2. The predicted molar refractivity (Wildman–Crippen MR) is 82.8 cm³/mol. The van der Waals surface area contributed by atoms with Crippen LogP contribution in [0.3, 0.4) is 0 Å². The van der Waals surface area contributed by atoms with E-state index in [9.17, 15) is 4.79 Å². The van der Waals surface area contributed by atoms with Crippen molar-refractivity contribution in [2.45, 2.75) is 0 Å². The molecule has 2 heterocycles. The number of carbonyl (C=O) groups is 1. The first-order valence-corrected chi connectivity index (χ1v) is 6.58. The highest BCUT2D eigenvalue weighted by Gasteiger charge is 2.15. The molecule has 21 heavy (non-hydrogen) atoms. The van der Waals surface area contributed by atoms with Gasteiger partial charge >= 0.3 is 5.97 Å². The van der Waals surface area contributed by atoms with Crippen molar-refractivity contribution in [1.29, 1.82) is 0 Å². The van der Waals surface area contributed by atoms with Crippen LogP contribution in [0.25, 0.3) is 28.4 Å². The van der Waals surface area contributed by atoms with E-state index in [1.54, 1.807) is 12.3 Å². The van der Waals surface area contributed by atoms with Crippen molar-refractivity contribution in [3.63, 3.8) is 0 Å². The molecular formula is C17H14N2O2. The molecule has 4 heteroatoms. The molecule has 3 aromatic rings. The lowest BCUT2D eigenvalue weighted by atomic mass is 10.1. The monoisotopic (exact) mass is 278 g/mol. The fourth-order valence-electron chi connectivity index (χ4n) is 2.55. The summed E-state index contributed by atoms with van der Waals surface area (Å²) < 4.78 is 2.04. The number of benzene rings is 1. The number of rotatable bonds is 3. The number of carboxylic acids is 1. The van der Waals surface area contributed by atoms with Crippen molar-refractivity contribution in [3.05, 3.63) is 60.3 Å². The number of aliphatic carboxylic acids is 1. The molecule has 0 unspecified atom stereocenters. The molecule has 104 valence electrons. The largest absolute Gasteiger partial charge is 0.478 e. The van der Waals surface area contributed by atoms with E-state index < -0.39 is 5.97 Å². The molecule has 4 nitrogen and oxygen atoms in total. The molecule has 1 N–H and O–H groups in total. The molecule has 2 aromatic heterocycles. The van der Waals surface area contributed by atoms with Gasteiger partial charge in [0.15, 0.2) is 0 Å². The maximum atomic E-state index is 10.8. The lowest BCUT2D eigenvalue weighted by Crippen LogP contribution is -1.92. The van der Waals surface area contributed by atoms with Gasteiger partial charge in [-0.3, -0.25) is 4.98 Å². The molecule has 0 fully saturated rings. The Morgan fingerprint density at radius 3 is 2.67 bits per heavy atom. The first-order valence-electron chi connectivity index (χ1n) is 6.58. The fraction of sp³-hybridized carbons (Fsp3) is 0.0588. The second-order valence-corrected chi connectivity index (χ2v) is 4.73. The molecule has 0 spiro atoms. The number of pyridine rings is 1. The Morgan fingerprint density at radius 1 is 1.19 bits per heavy atom. The molecule has 0 amide bonds. The van der Waals surface area contributed by atoms with Gasteiger partial charge in [-0.25, -0.2) is 4.79 Å². The highest BCUT2D eigenvalue weighted by molar-refractivity contribution is 5.98. The molecule has 0 aliphatic carbocycles. The van der Waals surface area contributed by atoms with Crippen LogP contribution in [0.1, 0.15) is 5.56 Å². The van der Waals surface area contributed by atoms with Crippen LogP contribution in [0.5, 0.6) is 0 Å². The third-order valence-electron chi connectivity index (χ3n) is 3.43. The van der Waals surface area contributed by atoms with Gasteiger partial charge in [0.1, 0.15) is 0 Å². The average Bonchev–Trinajstić information content (AvgIpc) is 2.79. The summed E-state index contributed by atoms with van der Waals surface area (Å²) in [5.41, 5.74) is 4.59. The minimum Gasteiger partial charge on any atom is -0.478 e. The molecule has 0 aliphatic heterocycles. The van der Waals surface area contributed by atoms with Crippen molar-refractivity contribution in [3.8, 4) is 11.3 Å². The lowest BCUT2D eigenvalue weighted by Gasteiger charge is -2.05. The van der Waals surface area contributed by atoms with E-state index in [0.29, 0.717) is 0 Å². The zero-order chi connectivity index (χ0) is 14.8. The van der Waals surface area contributed by atoms with Crippen LogP contribution in [0.2, 0.25) is 0 Å². The maximum Gasteiger partial charge on any atom is 0.328 e. The Kier molecular flexibility index (Phi) is 3.28. The van der Waals surface area contributed by atoms with Gasteiger partial charge in [0.25, 0.3) is 0 Å². The minimum absolute atomic E-state index is 0.802. The van der Waals surface area contributed by atoms with Crippen LogP contribution >= 0.6 is 0 Å². The topological polar surface area (TPSA) is 55.1 Å². The summed E-state index contributed by atoms with van der Waals surface area (Å²) in [6.45, 7) is 0. The summed E-state index contributed by atoms with van der Waals surface area (Å²) in [5.74, 6) is -0.970. The standard InChI is InChI=1S/C17H14N2O2/c1-19-14-8-5-11-18-16(14)13(9-10-15(20)21)17(19)12-6-3-2-4-7-12/h2-11H,1H3,(H,20,21). The summed E-state index contributed by atoms with van der Waals surface area (Å²) in [5, 5.41) is 8.90. The zero-order valence-electron chi connectivity index (χ0n) is 11.5. The Bertz CT molecular complexity index is 833. The molecular weight excluding hydrogens is 264 g/mol. The number of nitrogens with zero attached hydrogens (tertiary/aromatic N) is 2. The SMILES string of the molecule is Cn1c(-c2ccccc2)c(C=CC(=O)O)c2ncccc21. The lowest BCUT2D eigenvalue weighted by molar-refractivity contribution is -0.131. The van der Waals surface area contributed by atoms with Gasteiger partial charge in [-0.05, 0) is 23.8 Å². The molecule has 0 aliphatic rings. The van der Waals surface area contributed by atoms with Crippen LogP contribution < -0.4 is 0 Å². The van der Waals surface area contributed by atoms with E-state index in [1.807, 2.05) is 54.1 Å². The van der Waals surface area contributed by atoms with Crippen molar-refractivity contribution in [1.82, 2.24) is 9.55 Å². The van der Waals surface area contributed by atoms with Gasteiger partial charge in [-0.2, -0.15) is 0 Å². The Labute approximate surface area is 122 Å². The smallest absolute Gasteiger partial charge is 0.328 e. The molecule has 0 saturated carbocycles. The second-order valence-electron chi connectivity index (χ2n) is 4.73. The fourth-order valence-corrected chi connectivity index (χ4v) is 2.55. The number of hydrogen-bond acceptors (Lipinski definition) is 2. The van der Waals surface area contributed by atoms with Crippen molar-refractivity contribution in [2.24, 2.45) is 7.05 Å². The third kappa shape index (κ3) is 2.31. The van der Waals surface area contributed by atoms with Gasteiger partial charge in [0.2, 0.25) is 0 Å². The predicted octanol–water partition coefficient (Wildman–Crippen LogP) is 3.34. The van der Waals surface area contributed by atoms with E-state index in [1.165, 1.54) is 0 Å². The van der Waals surface area contributed by atoms with Crippen LogP contribution in [-0.2, 0) is 11.8 Å². The van der Waals surface area contributed by atoms with Crippen molar-refractivity contribution >= 4 is 23.1 Å². The van der Waals surface area contributed by atoms with Gasteiger partial charge < -0.3 is 9.67 Å². The number of hydrogen-bond donors (Lipinski definition) is 1. The van der Waals surface area contributed by atoms with E-state index in [4.69, 9.17) is 5.11 Å². The minimum atomic E-state index is -0.970. The summed E-state index contributed by atoms with van der Waals surface area (Å²) in [7, 11) is 1.96. The molecule has 3 rings (SSSR count). The molecule has 1 aromatic carbocycles. The summed E-state index contributed by atoms with van der Waals surface area (Å²) >= 11 is 0. The average molecular weight is 278 g/mol. The van der Waals surface area contributed by atoms with Crippen LogP contribution in [0, 0.1) is 0 Å². The van der Waals surface area contributed by atoms with Gasteiger partial charge in [0, 0.05) is 24.9 Å². The Balaban J connectivity index is 2.34. The van der Waals surface area contributed by atoms with Gasteiger partial charge in [0.05, 0.1) is 16.7 Å². The Hall–Kier alpha value is -2.88. The number of aryl methyl sites for hydroxylation is 1. The summed E-state index contributed by atoms with van der Waals surface area (Å²) in [6, 6.07) is 13.8. The van der Waals surface area contributed by atoms with Crippen LogP contribution in [-0.4, -0.2) is 20.6 Å². The number of carboxylic acid groups (broad SMARTS) is 1. The zero-order valence-corrected chi connectivity index (χ0v) is 11.5. The molecule has 0 saturated heterocycles.